The van der Waals surface area contributed by atoms with Crippen LogP contribution in [0.15, 0.2) is 17.5 Å². The highest BCUT2D eigenvalue weighted by molar-refractivity contribution is 7.10. The van der Waals surface area contributed by atoms with Crippen LogP contribution in [-0.4, -0.2) is 17.6 Å². The van der Waals surface area contributed by atoms with Gasteiger partial charge in [-0.1, -0.05) is 19.4 Å². The third-order valence-electron chi connectivity index (χ3n) is 2.19. The van der Waals surface area contributed by atoms with E-state index in [0.29, 0.717) is 0 Å². The lowest BCUT2D eigenvalue weighted by Gasteiger charge is -2.14. The van der Waals surface area contributed by atoms with E-state index in [1.165, 1.54) is 0 Å². The lowest BCUT2D eigenvalue weighted by Crippen LogP contribution is -2.24. The molecule has 0 aliphatic heterocycles. The van der Waals surface area contributed by atoms with Gasteiger partial charge in [0.15, 0.2) is 0 Å². The minimum absolute atomic E-state index is 0.0333. The summed E-state index contributed by atoms with van der Waals surface area (Å²) in [5.74, 6) is -0.752. The molecule has 1 aromatic rings. The second-order valence-corrected chi connectivity index (χ2v) is 4.45. The van der Waals surface area contributed by atoms with Crippen LogP contribution in [0.4, 0.5) is 0 Å². The van der Waals surface area contributed by atoms with Gasteiger partial charge in [0.05, 0.1) is 12.5 Å². The van der Waals surface area contributed by atoms with Gasteiger partial charge in [-0.15, -0.1) is 11.3 Å². The van der Waals surface area contributed by atoms with Gasteiger partial charge in [0.1, 0.15) is 0 Å². The van der Waals surface area contributed by atoms with Crippen molar-refractivity contribution in [2.24, 2.45) is 0 Å². The summed E-state index contributed by atoms with van der Waals surface area (Å²) >= 11 is 1.61. The molecule has 15 heavy (non-hydrogen) atoms. The SMILES string of the molecule is CCCCNC(CC(=O)O)c1cccs1. The van der Waals surface area contributed by atoms with E-state index in [1.54, 1.807) is 11.3 Å². The van der Waals surface area contributed by atoms with Crippen LogP contribution in [0.25, 0.3) is 0 Å². The van der Waals surface area contributed by atoms with Crippen LogP contribution in [0.2, 0.25) is 0 Å². The Morgan fingerprint density at radius 1 is 1.67 bits per heavy atom. The van der Waals surface area contributed by atoms with E-state index in [2.05, 4.69) is 12.2 Å². The molecule has 2 N–H and O–H groups in total. The second-order valence-electron chi connectivity index (χ2n) is 3.47. The van der Waals surface area contributed by atoms with Crippen LogP contribution in [-0.2, 0) is 4.79 Å². The Morgan fingerprint density at radius 3 is 3.00 bits per heavy atom. The van der Waals surface area contributed by atoms with E-state index >= 15 is 0 Å². The highest BCUT2D eigenvalue weighted by atomic mass is 32.1. The molecule has 3 nitrogen and oxygen atoms in total. The number of carbonyl (C=O) groups is 1. The molecule has 1 atom stereocenters. The van der Waals surface area contributed by atoms with E-state index in [9.17, 15) is 4.79 Å². The first-order valence-electron chi connectivity index (χ1n) is 5.22. The summed E-state index contributed by atoms with van der Waals surface area (Å²) in [6.45, 7) is 3.01. The van der Waals surface area contributed by atoms with Gasteiger partial charge in [-0.05, 0) is 24.4 Å². The van der Waals surface area contributed by atoms with Gasteiger partial charge >= 0.3 is 5.97 Å². The van der Waals surface area contributed by atoms with Gasteiger partial charge in [-0.3, -0.25) is 4.79 Å². The molecule has 0 saturated heterocycles. The Hall–Kier alpha value is -0.870. The predicted molar refractivity (Wildman–Crippen MR) is 62.2 cm³/mol. The summed E-state index contributed by atoms with van der Waals surface area (Å²) in [5, 5.41) is 14.1. The molecular formula is C11H17NO2S. The number of hydrogen-bond donors (Lipinski definition) is 2. The first kappa shape index (κ1) is 12.2. The first-order valence-corrected chi connectivity index (χ1v) is 6.10. The number of aliphatic carboxylic acids is 1. The first-order chi connectivity index (χ1) is 7.24. The number of hydrogen-bond acceptors (Lipinski definition) is 3. The minimum Gasteiger partial charge on any atom is -0.481 e. The summed E-state index contributed by atoms with van der Waals surface area (Å²) < 4.78 is 0. The zero-order chi connectivity index (χ0) is 11.1. The monoisotopic (exact) mass is 227 g/mol. The van der Waals surface area contributed by atoms with E-state index in [-0.39, 0.29) is 12.5 Å². The number of carboxylic acids is 1. The zero-order valence-electron chi connectivity index (χ0n) is 8.90. The van der Waals surface area contributed by atoms with Crippen molar-refractivity contribution in [3.8, 4) is 0 Å². The van der Waals surface area contributed by atoms with Gasteiger partial charge in [0, 0.05) is 4.88 Å². The van der Waals surface area contributed by atoms with E-state index in [1.807, 2.05) is 17.5 Å². The maximum atomic E-state index is 10.7. The lowest BCUT2D eigenvalue weighted by atomic mass is 10.1. The highest BCUT2D eigenvalue weighted by Gasteiger charge is 2.15. The Balaban J connectivity index is 2.50. The summed E-state index contributed by atoms with van der Waals surface area (Å²) in [4.78, 5) is 11.8. The van der Waals surface area contributed by atoms with Crippen LogP contribution in [0.5, 0.6) is 0 Å². The van der Waals surface area contributed by atoms with E-state index < -0.39 is 5.97 Å². The van der Waals surface area contributed by atoms with Crippen molar-refractivity contribution < 1.29 is 9.90 Å². The van der Waals surface area contributed by atoms with E-state index in [0.717, 1.165) is 24.3 Å². The fourth-order valence-corrected chi connectivity index (χ4v) is 2.19. The molecule has 0 amide bonds. The molecule has 0 fully saturated rings. The number of nitrogens with one attached hydrogen (secondary N) is 1. The van der Waals surface area contributed by atoms with Crippen LogP contribution < -0.4 is 5.32 Å². The molecular weight excluding hydrogens is 210 g/mol. The van der Waals surface area contributed by atoms with Gasteiger partial charge in [-0.25, -0.2) is 0 Å². The Morgan fingerprint density at radius 2 is 2.47 bits per heavy atom. The lowest BCUT2D eigenvalue weighted by molar-refractivity contribution is -0.137. The van der Waals surface area contributed by atoms with Crippen molar-refractivity contribution in [2.75, 3.05) is 6.54 Å². The standard InChI is InChI=1S/C11H17NO2S/c1-2-3-6-12-9(8-11(13)14)10-5-4-7-15-10/h4-5,7,9,12H,2-3,6,8H2,1H3,(H,13,14). The summed E-state index contributed by atoms with van der Waals surface area (Å²) in [6.07, 6.45) is 2.36. The maximum absolute atomic E-state index is 10.7. The van der Waals surface area contributed by atoms with Crippen molar-refractivity contribution in [2.45, 2.75) is 32.2 Å². The van der Waals surface area contributed by atoms with E-state index in [4.69, 9.17) is 5.11 Å². The fourth-order valence-electron chi connectivity index (χ4n) is 1.39. The molecule has 0 spiro atoms. The second kappa shape index (κ2) is 6.58. The third kappa shape index (κ3) is 4.44. The average Bonchev–Trinajstić information content (AvgIpc) is 2.68. The number of rotatable bonds is 7. The molecule has 1 rings (SSSR count). The molecule has 0 radical (unpaired) electrons. The van der Waals surface area contributed by atoms with Crippen LogP contribution in [0, 0.1) is 0 Å². The third-order valence-corrected chi connectivity index (χ3v) is 3.17. The fraction of sp³-hybridized carbons (Fsp3) is 0.545. The Labute approximate surface area is 94.1 Å². The Bertz CT molecular complexity index is 285. The van der Waals surface area contributed by atoms with Gasteiger partial charge < -0.3 is 10.4 Å². The van der Waals surface area contributed by atoms with Crippen molar-refractivity contribution >= 4 is 17.3 Å². The summed E-state index contributed by atoms with van der Waals surface area (Å²) in [7, 11) is 0. The highest BCUT2D eigenvalue weighted by Crippen LogP contribution is 2.21. The van der Waals surface area contributed by atoms with Crippen molar-refractivity contribution in [1.82, 2.24) is 5.32 Å². The summed E-state index contributed by atoms with van der Waals surface area (Å²) in [6, 6.07) is 3.90. The number of unbranched alkanes of at least 4 members (excludes halogenated alkanes) is 1. The molecule has 1 aromatic heterocycles. The smallest absolute Gasteiger partial charge is 0.305 e. The predicted octanol–water partition coefficient (Wildman–Crippen LogP) is 2.65. The average molecular weight is 227 g/mol. The maximum Gasteiger partial charge on any atom is 0.305 e. The molecule has 0 aliphatic carbocycles. The number of carboxylic acid groups (broad SMARTS) is 1. The molecule has 4 heteroatoms. The topological polar surface area (TPSA) is 49.3 Å². The molecule has 0 bridgehead atoms. The van der Waals surface area contributed by atoms with Gasteiger partial charge in [-0.2, -0.15) is 0 Å². The zero-order valence-corrected chi connectivity index (χ0v) is 9.72. The molecule has 84 valence electrons. The molecule has 1 heterocycles. The number of thiophene rings is 1. The molecule has 0 saturated carbocycles. The Kier molecular flexibility index (Phi) is 5.36. The molecule has 1 unspecified atom stereocenters. The van der Waals surface area contributed by atoms with Gasteiger partial charge in [0.2, 0.25) is 0 Å². The molecule has 0 aliphatic rings. The van der Waals surface area contributed by atoms with Gasteiger partial charge in [0.25, 0.3) is 0 Å². The molecule has 0 aromatic carbocycles. The largest absolute Gasteiger partial charge is 0.481 e. The van der Waals surface area contributed by atoms with Crippen LogP contribution in [0.3, 0.4) is 0 Å². The summed E-state index contributed by atoms with van der Waals surface area (Å²) in [5.41, 5.74) is 0. The quantitative estimate of drug-likeness (QED) is 0.704. The van der Waals surface area contributed by atoms with Crippen LogP contribution >= 0.6 is 11.3 Å². The van der Waals surface area contributed by atoms with Crippen LogP contribution in [0.1, 0.15) is 37.1 Å². The van der Waals surface area contributed by atoms with Crippen molar-refractivity contribution in [3.63, 3.8) is 0 Å². The van der Waals surface area contributed by atoms with Crippen molar-refractivity contribution in [1.29, 1.82) is 0 Å². The normalized spacial score (nSPS) is 12.6. The van der Waals surface area contributed by atoms with Crippen molar-refractivity contribution in [3.05, 3.63) is 22.4 Å². The minimum atomic E-state index is -0.752.